The van der Waals surface area contributed by atoms with Crippen LogP contribution < -0.4 is 15.8 Å². The summed E-state index contributed by atoms with van der Waals surface area (Å²) in [7, 11) is 0. The molecule has 0 atom stereocenters. The molecule has 3 N–H and O–H groups in total. The quantitative estimate of drug-likeness (QED) is 0.889. The summed E-state index contributed by atoms with van der Waals surface area (Å²) in [6.07, 6.45) is 0. The van der Waals surface area contributed by atoms with Crippen molar-refractivity contribution >= 4 is 17.5 Å². The molecule has 5 nitrogen and oxygen atoms in total. The van der Waals surface area contributed by atoms with Gasteiger partial charge in [-0.1, -0.05) is 12.1 Å². The highest BCUT2D eigenvalue weighted by Gasteiger charge is 2.12. The highest BCUT2D eigenvalue weighted by atomic mass is 19.1. The van der Waals surface area contributed by atoms with E-state index in [1.54, 1.807) is 37.3 Å². The highest BCUT2D eigenvalue weighted by molar-refractivity contribution is 5.96. The molecule has 0 radical (unpaired) electrons. The third-order valence-corrected chi connectivity index (χ3v) is 3.22. The van der Waals surface area contributed by atoms with Crippen molar-refractivity contribution in [3.05, 3.63) is 58.9 Å². The van der Waals surface area contributed by atoms with Gasteiger partial charge in [-0.2, -0.15) is 0 Å². The number of halogens is 1. The van der Waals surface area contributed by atoms with Gasteiger partial charge < -0.3 is 15.8 Å². The Morgan fingerprint density at radius 2 is 1.91 bits per heavy atom. The van der Waals surface area contributed by atoms with Crippen molar-refractivity contribution in [3.63, 3.8) is 0 Å². The molecule has 120 valence electrons. The minimum Gasteiger partial charge on any atom is -0.483 e. The van der Waals surface area contributed by atoms with Crippen molar-refractivity contribution in [1.29, 1.82) is 0 Å². The normalized spacial score (nSPS) is 10.2. The smallest absolute Gasteiger partial charge is 0.262 e. The van der Waals surface area contributed by atoms with E-state index in [0.29, 0.717) is 11.3 Å². The maximum atomic E-state index is 13.4. The lowest BCUT2D eigenvalue weighted by atomic mass is 10.1. The molecule has 0 heterocycles. The molecule has 0 saturated carbocycles. The van der Waals surface area contributed by atoms with Gasteiger partial charge in [-0.3, -0.25) is 9.59 Å². The number of nitrogens with one attached hydrogen (secondary N) is 1. The molecule has 0 unspecified atom stereocenters. The number of ether oxygens (including phenoxy) is 1. The van der Waals surface area contributed by atoms with Crippen LogP contribution in [0.2, 0.25) is 0 Å². The van der Waals surface area contributed by atoms with Crippen LogP contribution in [0.4, 0.5) is 10.1 Å². The van der Waals surface area contributed by atoms with Gasteiger partial charge in [0.2, 0.25) is 0 Å². The molecule has 2 rings (SSSR count). The summed E-state index contributed by atoms with van der Waals surface area (Å²) in [5.41, 5.74) is 7.15. The van der Waals surface area contributed by atoms with Crippen LogP contribution in [0.5, 0.6) is 5.75 Å². The number of hydrogen-bond donors (Lipinski definition) is 2. The van der Waals surface area contributed by atoms with E-state index < -0.39 is 17.6 Å². The molecular formula is C17H17FN2O3. The third-order valence-electron chi connectivity index (χ3n) is 3.22. The molecule has 2 aromatic rings. The van der Waals surface area contributed by atoms with Crippen LogP contribution in [-0.2, 0) is 4.79 Å². The Balaban J connectivity index is 2.03. The van der Waals surface area contributed by atoms with Gasteiger partial charge in [0.25, 0.3) is 11.8 Å². The number of anilines is 1. The first-order chi connectivity index (χ1) is 10.9. The lowest BCUT2D eigenvalue weighted by molar-refractivity contribution is -0.118. The van der Waals surface area contributed by atoms with E-state index in [2.05, 4.69) is 5.32 Å². The molecule has 0 bridgehead atoms. The monoisotopic (exact) mass is 316 g/mol. The van der Waals surface area contributed by atoms with Crippen molar-refractivity contribution in [2.45, 2.75) is 13.8 Å². The fraction of sp³-hybridized carbons (Fsp3) is 0.176. The van der Waals surface area contributed by atoms with Gasteiger partial charge in [-0.25, -0.2) is 4.39 Å². The van der Waals surface area contributed by atoms with Gasteiger partial charge in [0.15, 0.2) is 6.61 Å². The maximum Gasteiger partial charge on any atom is 0.262 e. The number of nitrogens with two attached hydrogens (primary N) is 1. The van der Waals surface area contributed by atoms with Crippen molar-refractivity contribution in [2.24, 2.45) is 5.73 Å². The Morgan fingerprint density at radius 1 is 1.17 bits per heavy atom. The number of amides is 2. The van der Waals surface area contributed by atoms with Crippen molar-refractivity contribution in [2.75, 3.05) is 11.9 Å². The van der Waals surface area contributed by atoms with E-state index >= 15 is 0 Å². The van der Waals surface area contributed by atoms with Gasteiger partial charge in [0.1, 0.15) is 11.6 Å². The number of carbonyl (C=O) groups excluding carboxylic acids is 2. The molecule has 0 aromatic heterocycles. The number of hydrogen-bond acceptors (Lipinski definition) is 3. The summed E-state index contributed by atoms with van der Waals surface area (Å²) >= 11 is 0. The van der Waals surface area contributed by atoms with Crippen LogP contribution in [0.25, 0.3) is 0 Å². The van der Waals surface area contributed by atoms with Gasteiger partial charge >= 0.3 is 0 Å². The molecule has 0 fully saturated rings. The Kier molecular flexibility index (Phi) is 4.95. The predicted octanol–water partition coefficient (Wildman–Crippen LogP) is 2.56. The third kappa shape index (κ3) is 4.29. The molecule has 0 aliphatic heterocycles. The van der Waals surface area contributed by atoms with E-state index in [-0.39, 0.29) is 17.9 Å². The highest BCUT2D eigenvalue weighted by Crippen LogP contribution is 2.20. The number of benzene rings is 2. The first-order valence-corrected chi connectivity index (χ1v) is 6.96. The van der Waals surface area contributed by atoms with Gasteiger partial charge in [-0.05, 0) is 49.2 Å². The second-order valence-electron chi connectivity index (χ2n) is 5.16. The van der Waals surface area contributed by atoms with Gasteiger partial charge in [0.05, 0.1) is 5.56 Å². The topological polar surface area (TPSA) is 81.4 Å². The van der Waals surface area contributed by atoms with Gasteiger partial charge in [0, 0.05) is 5.69 Å². The lowest BCUT2D eigenvalue weighted by Crippen LogP contribution is -2.22. The van der Waals surface area contributed by atoms with Crippen molar-refractivity contribution in [1.82, 2.24) is 0 Å². The minimum atomic E-state index is -0.638. The average molecular weight is 316 g/mol. The first kappa shape index (κ1) is 16.5. The van der Waals surface area contributed by atoms with Crippen LogP contribution in [0.1, 0.15) is 21.5 Å². The van der Waals surface area contributed by atoms with Crippen LogP contribution in [0.3, 0.4) is 0 Å². The zero-order valence-corrected chi connectivity index (χ0v) is 12.9. The van der Waals surface area contributed by atoms with Gasteiger partial charge in [-0.15, -0.1) is 0 Å². The number of primary amides is 1. The fourth-order valence-electron chi connectivity index (χ4n) is 1.96. The Hall–Kier alpha value is -2.89. The first-order valence-electron chi connectivity index (χ1n) is 6.96. The zero-order valence-electron chi connectivity index (χ0n) is 12.9. The lowest BCUT2D eigenvalue weighted by Gasteiger charge is -2.11. The van der Waals surface area contributed by atoms with Crippen molar-refractivity contribution in [3.8, 4) is 5.75 Å². The molecule has 0 saturated heterocycles. The molecule has 2 aromatic carbocycles. The molecular weight excluding hydrogens is 299 g/mol. The summed E-state index contributed by atoms with van der Waals surface area (Å²) in [4.78, 5) is 23.2. The van der Waals surface area contributed by atoms with Crippen molar-refractivity contribution < 1.29 is 18.7 Å². The number of carbonyl (C=O) groups is 2. The van der Waals surface area contributed by atoms with E-state index in [1.165, 1.54) is 6.07 Å². The fourth-order valence-corrected chi connectivity index (χ4v) is 1.96. The summed E-state index contributed by atoms with van der Waals surface area (Å²) < 4.78 is 18.8. The molecule has 0 aliphatic rings. The second kappa shape index (κ2) is 6.91. The average Bonchev–Trinajstić information content (AvgIpc) is 2.48. The summed E-state index contributed by atoms with van der Waals surface area (Å²) in [5.74, 6) is -1.27. The van der Waals surface area contributed by atoms with E-state index in [9.17, 15) is 14.0 Å². The predicted molar refractivity (Wildman–Crippen MR) is 85.0 cm³/mol. The Labute approximate surface area is 133 Å². The summed E-state index contributed by atoms with van der Waals surface area (Å²) in [6, 6.07) is 9.28. The largest absolute Gasteiger partial charge is 0.483 e. The van der Waals surface area contributed by atoms with E-state index in [4.69, 9.17) is 10.5 Å². The van der Waals surface area contributed by atoms with Crippen LogP contribution in [0, 0.1) is 19.7 Å². The maximum absolute atomic E-state index is 13.4. The van der Waals surface area contributed by atoms with Crippen LogP contribution in [0.15, 0.2) is 36.4 Å². The minimum absolute atomic E-state index is 0.199. The Morgan fingerprint density at radius 3 is 2.57 bits per heavy atom. The second-order valence-corrected chi connectivity index (χ2v) is 5.16. The standard InChI is InChI=1S/C17H17FN2O3/c1-10-3-6-13(17(19)22)15(7-10)23-9-16(21)20-12-5-4-11(2)14(18)8-12/h3-8H,9H2,1-2H3,(H2,19,22)(H,20,21). The molecule has 2 amide bonds. The van der Waals surface area contributed by atoms with E-state index in [1.807, 2.05) is 6.92 Å². The number of rotatable bonds is 5. The SMILES string of the molecule is Cc1ccc(C(N)=O)c(OCC(=O)Nc2ccc(C)c(F)c2)c1. The molecule has 0 spiro atoms. The molecule has 6 heteroatoms. The summed E-state index contributed by atoms with van der Waals surface area (Å²) in [6.45, 7) is 3.14. The summed E-state index contributed by atoms with van der Waals surface area (Å²) in [5, 5.41) is 2.52. The van der Waals surface area contributed by atoms with Crippen LogP contribution >= 0.6 is 0 Å². The molecule has 0 aliphatic carbocycles. The zero-order chi connectivity index (χ0) is 17.0. The molecule has 23 heavy (non-hydrogen) atoms. The van der Waals surface area contributed by atoms with E-state index in [0.717, 1.165) is 5.56 Å². The number of aryl methyl sites for hydroxylation is 2. The Bertz CT molecular complexity index is 759. The van der Waals surface area contributed by atoms with Crippen LogP contribution in [-0.4, -0.2) is 18.4 Å².